The van der Waals surface area contributed by atoms with Crippen molar-refractivity contribution in [3.05, 3.63) is 120 Å². The van der Waals surface area contributed by atoms with Gasteiger partial charge in [-0.2, -0.15) is 10.2 Å². The van der Waals surface area contributed by atoms with E-state index >= 15 is 0 Å². The summed E-state index contributed by atoms with van der Waals surface area (Å²) in [6.07, 6.45) is 9.11. The first-order valence-electron chi connectivity index (χ1n) is 11.4. The van der Waals surface area contributed by atoms with E-state index in [2.05, 4.69) is 58.6 Å². The van der Waals surface area contributed by atoms with E-state index < -0.39 is 5.97 Å². The van der Waals surface area contributed by atoms with E-state index in [0.29, 0.717) is 0 Å². The highest BCUT2D eigenvalue weighted by Gasteiger charge is 2.15. The van der Waals surface area contributed by atoms with Crippen molar-refractivity contribution < 1.29 is 9.90 Å². The Morgan fingerprint density at radius 1 is 1.00 bits per heavy atom. The van der Waals surface area contributed by atoms with E-state index in [1.807, 2.05) is 53.5 Å². The number of nitrogens with zero attached hydrogens (tertiary/aromatic N) is 3. The third-order valence-electron chi connectivity index (χ3n) is 5.97. The van der Waals surface area contributed by atoms with Crippen LogP contribution in [0, 0.1) is 0 Å². The molecule has 35 heavy (non-hydrogen) atoms. The zero-order chi connectivity index (χ0) is 24.2. The smallest absolute Gasteiger partial charge is 0.328 e. The maximum atomic E-state index is 10.9. The molecule has 0 saturated heterocycles. The number of fused-ring (bicyclic) bond motifs is 1. The maximum absolute atomic E-state index is 10.9. The van der Waals surface area contributed by atoms with Crippen molar-refractivity contribution in [3.8, 4) is 5.69 Å². The predicted octanol–water partition coefficient (Wildman–Crippen LogP) is 6.22. The summed E-state index contributed by atoms with van der Waals surface area (Å²) in [6, 6.07) is 24.6. The van der Waals surface area contributed by atoms with Crippen molar-refractivity contribution in [3.63, 3.8) is 0 Å². The van der Waals surface area contributed by atoms with Crippen LogP contribution in [0.4, 0.5) is 0 Å². The molecule has 3 aromatic carbocycles. The van der Waals surface area contributed by atoms with Crippen LogP contribution >= 0.6 is 0 Å². The van der Waals surface area contributed by atoms with Gasteiger partial charge >= 0.3 is 5.97 Å². The Kier molecular flexibility index (Phi) is 6.09. The standard InChI is InChI=1S/C29H24N4O2/c1-2-26(22-5-3-6-25(18-22)33-16-4-15-31-33)29(23-12-13-27-24(17-23)19-30-32-27)21-10-7-20(8-11-21)9-14-28(34)35/h3-19H,2H2,1H3,(H,30,32)(H,34,35). The first-order valence-corrected chi connectivity index (χ1v) is 11.4. The summed E-state index contributed by atoms with van der Waals surface area (Å²) >= 11 is 0. The van der Waals surface area contributed by atoms with Crippen molar-refractivity contribution in [2.45, 2.75) is 13.3 Å². The van der Waals surface area contributed by atoms with Crippen molar-refractivity contribution >= 4 is 34.1 Å². The number of aliphatic carboxylic acids is 1. The predicted molar refractivity (Wildman–Crippen MR) is 139 cm³/mol. The highest BCUT2D eigenvalue weighted by atomic mass is 16.4. The summed E-state index contributed by atoms with van der Waals surface area (Å²) in [6.45, 7) is 2.16. The molecule has 5 aromatic rings. The molecule has 0 aliphatic rings. The number of H-pyrrole nitrogens is 1. The van der Waals surface area contributed by atoms with Gasteiger partial charge in [0.25, 0.3) is 0 Å². The van der Waals surface area contributed by atoms with Crippen LogP contribution in [0.15, 0.2) is 97.5 Å². The minimum atomic E-state index is -0.964. The molecule has 0 bridgehead atoms. The molecule has 2 aromatic heterocycles. The fraction of sp³-hybridized carbons (Fsp3) is 0.0690. The van der Waals surface area contributed by atoms with Crippen molar-refractivity contribution in [2.75, 3.05) is 0 Å². The van der Waals surface area contributed by atoms with Gasteiger partial charge in [-0.05, 0) is 76.2 Å². The first-order chi connectivity index (χ1) is 17.1. The van der Waals surface area contributed by atoms with Gasteiger partial charge in [-0.25, -0.2) is 9.48 Å². The van der Waals surface area contributed by atoms with Crippen LogP contribution in [0.25, 0.3) is 33.8 Å². The van der Waals surface area contributed by atoms with Gasteiger partial charge in [-0.3, -0.25) is 5.10 Å². The Hall–Kier alpha value is -4.71. The van der Waals surface area contributed by atoms with E-state index in [1.165, 1.54) is 5.57 Å². The fourth-order valence-electron chi connectivity index (χ4n) is 4.32. The van der Waals surface area contributed by atoms with Gasteiger partial charge < -0.3 is 5.11 Å². The van der Waals surface area contributed by atoms with Crippen LogP contribution in [0.3, 0.4) is 0 Å². The third kappa shape index (κ3) is 4.68. The van der Waals surface area contributed by atoms with Crippen LogP contribution in [0.2, 0.25) is 0 Å². The Bertz CT molecular complexity index is 1540. The van der Waals surface area contributed by atoms with Crippen LogP contribution in [-0.4, -0.2) is 31.1 Å². The summed E-state index contributed by atoms with van der Waals surface area (Å²) in [5, 5.41) is 21.6. The molecule has 2 N–H and O–H groups in total. The van der Waals surface area contributed by atoms with Crippen molar-refractivity contribution in [1.29, 1.82) is 0 Å². The van der Waals surface area contributed by atoms with E-state index in [9.17, 15) is 4.79 Å². The molecule has 0 fully saturated rings. The Morgan fingerprint density at radius 2 is 1.83 bits per heavy atom. The second-order valence-electron chi connectivity index (χ2n) is 8.17. The molecule has 172 valence electrons. The van der Waals surface area contributed by atoms with Crippen molar-refractivity contribution in [1.82, 2.24) is 20.0 Å². The molecule has 0 spiro atoms. The van der Waals surface area contributed by atoms with Gasteiger partial charge in [0, 0.05) is 23.9 Å². The summed E-state index contributed by atoms with van der Waals surface area (Å²) in [4.78, 5) is 10.9. The third-order valence-corrected chi connectivity index (χ3v) is 5.97. The number of rotatable bonds is 7. The van der Waals surface area contributed by atoms with Gasteiger partial charge in [-0.1, -0.05) is 49.4 Å². The minimum Gasteiger partial charge on any atom is -0.478 e. The number of carboxylic acid groups (broad SMARTS) is 1. The number of allylic oxidation sites excluding steroid dienone is 1. The lowest BCUT2D eigenvalue weighted by molar-refractivity contribution is -0.131. The van der Waals surface area contributed by atoms with E-state index in [4.69, 9.17) is 5.11 Å². The number of hydrogen-bond donors (Lipinski definition) is 2. The van der Waals surface area contributed by atoms with Gasteiger partial charge in [0.05, 0.1) is 17.4 Å². The highest BCUT2D eigenvalue weighted by Crippen LogP contribution is 2.36. The normalized spacial score (nSPS) is 12.3. The lowest BCUT2D eigenvalue weighted by Crippen LogP contribution is -1.98. The average Bonchev–Trinajstić information content (AvgIpc) is 3.58. The zero-order valence-electron chi connectivity index (χ0n) is 19.2. The lowest BCUT2D eigenvalue weighted by atomic mass is 9.87. The Morgan fingerprint density at radius 3 is 2.57 bits per heavy atom. The Balaban J connectivity index is 1.69. The minimum absolute atomic E-state index is 0.821. The molecule has 0 unspecified atom stereocenters. The number of carboxylic acids is 1. The number of aromatic amines is 1. The largest absolute Gasteiger partial charge is 0.478 e. The molecule has 6 heteroatoms. The van der Waals surface area contributed by atoms with Crippen LogP contribution in [0.5, 0.6) is 0 Å². The van der Waals surface area contributed by atoms with Gasteiger partial charge in [0.2, 0.25) is 0 Å². The lowest BCUT2D eigenvalue weighted by Gasteiger charge is -2.17. The average molecular weight is 461 g/mol. The zero-order valence-corrected chi connectivity index (χ0v) is 19.2. The number of carbonyl (C=O) groups is 1. The molecule has 0 aliphatic heterocycles. The molecule has 5 rings (SSSR count). The molecule has 0 radical (unpaired) electrons. The summed E-state index contributed by atoms with van der Waals surface area (Å²) in [5.74, 6) is -0.964. The van der Waals surface area contributed by atoms with Gasteiger partial charge in [0.15, 0.2) is 0 Å². The molecule has 2 heterocycles. The van der Waals surface area contributed by atoms with Crippen LogP contribution < -0.4 is 0 Å². The topological polar surface area (TPSA) is 83.8 Å². The van der Waals surface area contributed by atoms with Crippen LogP contribution in [-0.2, 0) is 4.79 Å². The molecule has 0 atom stereocenters. The summed E-state index contributed by atoms with van der Waals surface area (Å²) in [5.41, 5.74) is 8.42. The number of benzene rings is 3. The number of nitrogens with one attached hydrogen (secondary N) is 1. The monoisotopic (exact) mass is 460 g/mol. The molecular formula is C29H24N4O2. The molecule has 0 saturated carbocycles. The van der Waals surface area contributed by atoms with Gasteiger partial charge in [-0.15, -0.1) is 0 Å². The van der Waals surface area contributed by atoms with Crippen LogP contribution in [0.1, 0.15) is 35.6 Å². The second kappa shape index (κ2) is 9.65. The molecular weight excluding hydrogens is 436 g/mol. The van der Waals surface area contributed by atoms with Crippen molar-refractivity contribution in [2.24, 2.45) is 0 Å². The summed E-state index contributed by atoms with van der Waals surface area (Å²) in [7, 11) is 0. The Labute approximate surface area is 202 Å². The quantitative estimate of drug-likeness (QED) is 0.223. The SMILES string of the molecule is CCC(=C(c1ccc(C=CC(=O)O)cc1)c1ccc2[nH]ncc2c1)c1cccc(-n2cccn2)c1. The number of hydrogen-bond acceptors (Lipinski definition) is 3. The molecule has 0 amide bonds. The maximum Gasteiger partial charge on any atom is 0.328 e. The fourth-order valence-corrected chi connectivity index (χ4v) is 4.32. The molecule has 6 nitrogen and oxygen atoms in total. The van der Waals surface area contributed by atoms with E-state index in [0.717, 1.165) is 56.9 Å². The summed E-state index contributed by atoms with van der Waals surface area (Å²) < 4.78 is 1.86. The first kappa shape index (κ1) is 22.1. The number of aromatic nitrogens is 4. The second-order valence-corrected chi connectivity index (χ2v) is 8.17. The van der Waals surface area contributed by atoms with E-state index in [-0.39, 0.29) is 0 Å². The highest BCUT2D eigenvalue weighted by molar-refractivity contribution is 6.00. The van der Waals surface area contributed by atoms with Gasteiger partial charge in [0.1, 0.15) is 0 Å². The molecule has 0 aliphatic carbocycles. The van der Waals surface area contributed by atoms with E-state index in [1.54, 1.807) is 12.3 Å².